The maximum atomic E-state index is 15.8. The van der Waals surface area contributed by atoms with Crippen LogP contribution in [0, 0.1) is 22.9 Å². The second-order valence-electron chi connectivity index (χ2n) is 10.6. The zero-order valence-corrected chi connectivity index (χ0v) is 22.4. The van der Waals surface area contributed by atoms with Gasteiger partial charge in [-0.2, -0.15) is 0 Å². The van der Waals surface area contributed by atoms with Crippen LogP contribution in [0.4, 0.5) is 22.0 Å². The van der Waals surface area contributed by atoms with E-state index in [4.69, 9.17) is 4.74 Å². The van der Waals surface area contributed by atoms with Gasteiger partial charge in [0.1, 0.15) is 18.6 Å². The van der Waals surface area contributed by atoms with Crippen molar-refractivity contribution in [1.29, 1.82) is 0 Å². The highest BCUT2D eigenvalue weighted by Crippen LogP contribution is 2.43. The predicted molar refractivity (Wildman–Crippen MR) is 141 cm³/mol. The standard InChI is InChI=1S/C30H33F5N2O3/c1-40-21-4-5-26-22(15-21)28(20(17-31)18-36-26)23(32)6-7-30(16-27(38)39)8-11-37(12-9-30)10-2-3-19-13-24(33)29(35)25(34)14-19/h4-5,13-15,18,23H,2-3,6-12,16-17H2,1H3,(H,38,39). The van der Waals surface area contributed by atoms with E-state index in [2.05, 4.69) is 9.88 Å². The Hall–Kier alpha value is -3.27. The third kappa shape index (κ3) is 6.89. The van der Waals surface area contributed by atoms with Crippen molar-refractivity contribution in [3.63, 3.8) is 0 Å². The van der Waals surface area contributed by atoms with E-state index >= 15 is 4.39 Å². The molecule has 40 heavy (non-hydrogen) atoms. The van der Waals surface area contributed by atoms with Crippen LogP contribution in [0.25, 0.3) is 10.9 Å². The Balaban J connectivity index is 1.40. The molecule has 10 heteroatoms. The summed E-state index contributed by atoms with van der Waals surface area (Å²) in [6.07, 6.45) is 2.16. The molecule has 4 rings (SSSR count). The number of likely N-dealkylation sites (tertiary alicyclic amines) is 1. The van der Waals surface area contributed by atoms with Crippen LogP contribution in [0.5, 0.6) is 5.75 Å². The van der Waals surface area contributed by atoms with Gasteiger partial charge >= 0.3 is 5.97 Å². The van der Waals surface area contributed by atoms with Crippen LogP contribution in [-0.2, 0) is 17.9 Å². The Labute approximate surface area is 230 Å². The van der Waals surface area contributed by atoms with E-state index in [0.717, 1.165) is 12.1 Å². The van der Waals surface area contributed by atoms with Gasteiger partial charge in [0.15, 0.2) is 17.5 Å². The summed E-state index contributed by atoms with van der Waals surface area (Å²) in [5, 5.41) is 10.1. The number of rotatable bonds is 12. The van der Waals surface area contributed by atoms with Gasteiger partial charge in [0, 0.05) is 22.7 Å². The molecule has 0 saturated carbocycles. The molecule has 1 aliphatic heterocycles. The maximum absolute atomic E-state index is 15.8. The number of pyridine rings is 1. The van der Waals surface area contributed by atoms with Crippen molar-refractivity contribution in [3.05, 3.63) is 70.7 Å². The van der Waals surface area contributed by atoms with Gasteiger partial charge in [-0.3, -0.25) is 9.78 Å². The number of alkyl halides is 2. The number of methoxy groups -OCH3 is 1. The molecule has 3 aromatic rings. The normalized spacial score (nSPS) is 16.2. The van der Waals surface area contributed by atoms with Crippen molar-refractivity contribution in [2.45, 2.75) is 57.8 Å². The van der Waals surface area contributed by atoms with Crippen LogP contribution in [0.15, 0.2) is 36.5 Å². The van der Waals surface area contributed by atoms with E-state index in [-0.39, 0.29) is 24.0 Å². The SMILES string of the molecule is COc1ccc2ncc(CF)c(C(F)CCC3(CC(=O)O)CCN(CCCc4cc(F)c(F)c(F)c4)CC3)c2c1. The number of carboxylic acid groups (broad SMARTS) is 1. The van der Waals surface area contributed by atoms with E-state index in [9.17, 15) is 27.5 Å². The predicted octanol–water partition coefficient (Wildman–Crippen LogP) is 7.11. The Bertz CT molecular complexity index is 1320. The number of benzene rings is 2. The van der Waals surface area contributed by atoms with E-state index in [1.807, 2.05) is 0 Å². The van der Waals surface area contributed by atoms with Crippen molar-refractivity contribution in [2.24, 2.45) is 5.41 Å². The summed E-state index contributed by atoms with van der Waals surface area (Å²) >= 11 is 0. The van der Waals surface area contributed by atoms with Crippen molar-refractivity contribution in [3.8, 4) is 5.75 Å². The number of hydrogen-bond donors (Lipinski definition) is 1. The minimum Gasteiger partial charge on any atom is -0.497 e. The molecule has 0 spiro atoms. The third-order valence-electron chi connectivity index (χ3n) is 8.01. The van der Waals surface area contributed by atoms with Gasteiger partial charge in [-0.1, -0.05) is 0 Å². The molecule has 216 valence electrons. The number of aryl methyl sites for hydroxylation is 1. The molecule has 1 aromatic heterocycles. The largest absolute Gasteiger partial charge is 0.497 e. The van der Waals surface area contributed by atoms with Crippen molar-refractivity contribution in [1.82, 2.24) is 9.88 Å². The molecule has 1 N–H and O–H groups in total. The number of fused-ring (bicyclic) bond motifs is 1. The van der Waals surface area contributed by atoms with Crippen molar-refractivity contribution >= 4 is 16.9 Å². The number of carbonyl (C=O) groups is 1. The highest BCUT2D eigenvalue weighted by Gasteiger charge is 2.37. The number of nitrogens with zero attached hydrogens (tertiary/aromatic N) is 2. The van der Waals surface area contributed by atoms with Gasteiger partial charge in [-0.05, 0) is 99.5 Å². The summed E-state index contributed by atoms with van der Waals surface area (Å²) in [5.74, 6) is -4.36. The minimum absolute atomic E-state index is 0.0400. The lowest BCUT2D eigenvalue weighted by Gasteiger charge is -2.41. The lowest BCUT2D eigenvalue weighted by atomic mass is 9.71. The van der Waals surface area contributed by atoms with Gasteiger partial charge < -0.3 is 14.7 Å². The molecule has 1 fully saturated rings. The second kappa shape index (κ2) is 12.9. The van der Waals surface area contributed by atoms with Crippen LogP contribution in [0.1, 0.15) is 61.4 Å². The first-order valence-corrected chi connectivity index (χ1v) is 13.4. The van der Waals surface area contributed by atoms with Gasteiger partial charge in [0.05, 0.1) is 19.0 Å². The van der Waals surface area contributed by atoms with Gasteiger partial charge in [0.25, 0.3) is 0 Å². The fourth-order valence-corrected chi connectivity index (χ4v) is 5.76. The summed E-state index contributed by atoms with van der Waals surface area (Å²) in [6, 6.07) is 7.03. The first-order valence-electron chi connectivity index (χ1n) is 13.4. The number of carboxylic acids is 1. The fourth-order valence-electron chi connectivity index (χ4n) is 5.76. The number of ether oxygens (including phenoxy) is 1. The summed E-state index contributed by atoms with van der Waals surface area (Å²) < 4.78 is 75.1. The molecule has 2 aromatic carbocycles. The Morgan fingerprint density at radius 1 is 1.15 bits per heavy atom. The van der Waals surface area contributed by atoms with E-state index in [0.29, 0.717) is 74.0 Å². The molecule has 5 nitrogen and oxygen atoms in total. The quantitative estimate of drug-likeness (QED) is 0.188. The molecule has 1 atom stereocenters. The highest BCUT2D eigenvalue weighted by atomic mass is 19.2. The minimum atomic E-state index is -1.51. The zero-order chi connectivity index (χ0) is 28.9. The van der Waals surface area contributed by atoms with E-state index in [1.165, 1.54) is 13.3 Å². The number of hydrogen-bond acceptors (Lipinski definition) is 4. The first-order chi connectivity index (χ1) is 19.1. The number of piperidine rings is 1. The molecular weight excluding hydrogens is 531 g/mol. The Morgan fingerprint density at radius 2 is 1.85 bits per heavy atom. The second-order valence-corrected chi connectivity index (χ2v) is 10.6. The fraction of sp³-hybridized carbons (Fsp3) is 0.467. The van der Waals surface area contributed by atoms with E-state index in [1.54, 1.807) is 18.2 Å². The van der Waals surface area contributed by atoms with Crippen LogP contribution < -0.4 is 4.74 Å². The Kier molecular flexibility index (Phi) is 9.60. The maximum Gasteiger partial charge on any atom is 0.303 e. The summed E-state index contributed by atoms with van der Waals surface area (Å²) in [6.45, 7) is 0.950. The van der Waals surface area contributed by atoms with Gasteiger partial charge in [-0.25, -0.2) is 22.0 Å². The monoisotopic (exact) mass is 564 g/mol. The number of aromatic nitrogens is 1. The third-order valence-corrected chi connectivity index (χ3v) is 8.01. The van der Waals surface area contributed by atoms with Crippen LogP contribution >= 0.6 is 0 Å². The molecule has 2 heterocycles. The summed E-state index contributed by atoms with van der Waals surface area (Å²) in [7, 11) is 1.49. The Morgan fingerprint density at radius 3 is 2.48 bits per heavy atom. The number of aliphatic carboxylic acids is 1. The van der Waals surface area contributed by atoms with Crippen molar-refractivity contribution < 1.29 is 36.6 Å². The zero-order valence-electron chi connectivity index (χ0n) is 22.4. The molecule has 1 saturated heterocycles. The smallest absolute Gasteiger partial charge is 0.303 e. The molecule has 0 bridgehead atoms. The number of halogens is 5. The first kappa shape index (κ1) is 29.7. The van der Waals surface area contributed by atoms with Crippen LogP contribution in [0.2, 0.25) is 0 Å². The van der Waals surface area contributed by atoms with Crippen LogP contribution in [-0.4, -0.2) is 47.7 Å². The lowest BCUT2D eigenvalue weighted by molar-refractivity contribution is -0.141. The summed E-state index contributed by atoms with van der Waals surface area (Å²) in [5.41, 5.74) is 0.679. The molecular formula is C30H33F5N2O3. The molecule has 0 amide bonds. The topological polar surface area (TPSA) is 62.7 Å². The average molecular weight is 565 g/mol. The lowest BCUT2D eigenvalue weighted by Crippen LogP contribution is -2.41. The molecule has 1 unspecified atom stereocenters. The van der Waals surface area contributed by atoms with Gasteiger partial charge in [0.2, 0.25) is 0 Å². The van der Waals surface area contributed by atoms with Gasteiger partial charge in [-0.15, -0.1) is 0 Å². The van der Waals surface area contributed by atoms with Crippen LogP contribution in [0.3, 0.4) is 0 Å². The van der Waals surface area contributed by atoms with E-state index < -0.39 is 41.7 Å². The molecule has 0 aliphatic carbocycles. The highest BCUT2D eigenvalue weighted by molar-refractivity contribution is 5.85. The average Bonchev–Trinajstić information content (AvgIpc) is 2.94. The molecule has 0 radical (unpaired) electrons. The molecule has 1 aliphatic rings. The summed E-state index contributed by atoms with van der Waals surface area (Å²) in [4.78, 5) is 18.1. The van der Waals surface area contributed by atoms with Crippen molar-refractivity contribution in [2.75, 3.05) is 26.7 Å².